The fourth-order valence-corrected chi connectivity index (χ4v) is 2.53. The summed E-state index contributed by atoms with van der Waals surface area (Å²) in [5.41, 5.74) is -0.869. The Balaban J connectivity index is 2.63. The molecule has 1 amide bonds. The number of aryl methyl sites for hydroxylation is 1. The Kier molecular flexibility index (Phi) is 4.71. The highest BCUT2D eigenvalue weighted by Gasteiger charge is 2.34. The Morgan fingerprint density at radius 1 is 1.47 bits per heavy atom. The number of thiophene rings is 1. The van der Waals surface area contributed by atoms with E-state index < -0.39 is 5.41 Å². The molecule has 0 bridgehead atoms. The molecule has 17 heavy (non-hydrogen) atoms. The molecule has 1 aromatic rings. The average Bonchev–Trinajstić information content (AvgIpc) is 2.75. The summed E-state index contributed by atoms with van der Waals surface area (Å²) in [6, 6.07) is 6.18. The molecule has 92 valence electrons. The summed E-state index contributed by atoms with van der Waals surface area (Å²) in [6.07, 6.45) is 1.10. The minimum absolute atomic E-state index is 0.156. The van der Waals surface area contributed by atoms with Crippen LogP contribution in [0.5, 0.6) is 0 Å². The lowest BCUT2D eigenvalue weighted by molar-refractivity contribution is -0.128. The highest BCUT2D eigenvalue weighted by molar-refractivity contribution is 7.11. The van der Waals surface area contributed by atoms with Crippen molar-refractivity contribution < 1.29 is 4.79 Å². The molecule has 0 aliphatic heterocycles. The lowest BCUT2D eigenvalue weighted by Gasteiger charge is -2.21. The minimum atomic E-state index is -0.869. The first-order valence-electron chi connectivity index (χ1n) is 5.83. The zero-order valence-electron chi connectivity index (χ0n) is 10.5. The van der Waals surface area contributed by atoms with Crippen LogP contribution in [0, 0.1) is 23.7 Å². The number of carbonyl (C=O) groups is 1. The summed E-state index contributed by atoms with van der Waals surface area (Å²) < 4.78 is 0. The predicted octanol–water partition coefficient (Wildman–Crippen LogP) is 3.00. The monoisotopic (exact) mass is 250 g/mol. The van der Waals surface area contributed by atoms with Gasteiger partial charge in [-0.1, -0.05) is 13.8 Å². The molecule has 0 aliphatic carbocycles. The predicted molar refractivity (Wildman–Crippen MR) is 69.5 cm³/mol. The van der Waals surface area contributed by atoms with Crippen LogP contribution in [0.3, 0.4) is 0 Å². The quantitative estimate of drug-likeness (QED) is 0.873. The smallest absolute Gasteiger partial charge is 0.240 e. The first kappa shape index (κ1) is 13.7. The Hall–Kier alpha value is -1.34. The normalized spacial score (nSPS) is 10.9. The molecule has 4 heteroatoms. The highest BCUT2D eigenvalue weighted by atomic mass is 32.1. The van der Waals surface area contributed by atoms with Gasteiger partial charge in [0.25, 0.3) is 0 Å². The van der Waals surface area contributed by atoms with E-state index in [0.717, 1.165) is 4.88 Å². The van der Waals surface area contributed by atoms with Gasteiger partial charge in [0.05, 0.1) is 12.6 Å². The van der Waals surface area contributed by atoms with E-state index >= 15 is 0 Å². The molecule has 0 aliphatic rings. The van der Waals surface area contributed by atoms with Crippen molar-refractivity contribution in [2.24, 2.45) is 5.41 Å². The lowest BCUT2D eigenvalue weighted by atomic mass is 9.83. The van der Waals surface area contributed by atoms with Crippen molar-refractivity contribution in [1.29, 1.82) is 5.26 Å². The van der Waals surface area contributed by atoms with E-state index in [1.165, 1.54) is 4.88 Å². The molecular weight excluding hydrogens is 232 g/mol. The summed E-state index contributed by atoms with van der Waals surface area (Å²) in [5.74, 6) is -0.156. The first-order valence-corrected chi connectivity index (χ1v) is 6.64. The van der Waals surface area contributed by atoms with Crippen molar-refractivity contribution in [3.63, 3.8) is 0 Å². The van der Waals surface area contributed by atoms with Gasteiger partial charge in [0.1, 0.15) is 5.41 Å². The van der Waals surface area contributed by atoms with E-state index in [2.05, 4.69) is 11.4 Å². The summed E-state index contributed by atoms with van der Waals surface area (Å²) >= 11 is 1.67. The van der Waals surface area contributed by atoms with Crippen LogP contribution in [0.4, 0.5) is 0 Å². The van der Waals surface area contributed by atoms with Crippen LogP contribution in [0.2, 0.25) is 0 Å². The molecule has 0 spiro atoms. The Morgan fingerprint density at radius 2 is 2.12 bits per heavy atom. The van der Waals surface area contributed by atoms with Crippen molar-refractivity contribution in [3.05, 3.63) is 21.9 Å². The Labute approximate surface area is 106 Å². The van der Waals surface area contributed by atoms with Gasteiger partial charge in [0.15, 0.2) is 0 Å². The number of nitriles is 1. The van der Waals surface area contributed by atoms with Crippen LogP contribution in [0.1, 0.15) is 36.4 Å². The maximum atomic E-state index is 12.0. The number of amides is 1. The van der Waals surface area contributed by atoms with E-state index in [1.54, 1.807) is 11.3 Å². The van der Waals surface area contributed by atoms with Crippen molar-refractivity contribution in [1.82, 2.24) is 5.32 Å². The second-order valence-corrected chi connectivity index (χ2v) is 5.47. The van der Waals surface area contributed by atoms with Gasteiger partial charge >= 0.3 is 0 Å². The van der Waals surface area contributed by atoms with E-state index in [0.29, 0.717) is 19.4 Å². The summed E-state index contributed by atoms with van der Waals surface area (Å²) in [4.78, 5) is 14.4. The molecule has 0 saturated carbocycles. The fraction of sp³-hybridized carbons (Fsp3) is 0.538. The van der Waals surface area contributed by atoms with Crippen LogP contribution >= 0.6 is 11.3 Å². The summed E-state index contributed by atoms with van der Waals surface area (Å²) in [5, 5.41) is 12.0. The van der Waals surface area contributed by atoms with Crippen LogP contribution in [0.25, 0.3) is 0 Å². The number of hydrogen-bond acceptors (Lipinski definition) is 3. The fourth-order valence-electron chi connectivity index (χ4n) is 1.70. The van der Waals surface area contributed by atoms with E-state index in [-0.39, 0.29) is 5.91 Å². The second-order valence-electron chi connectivity index (χ2n) is 4.10. The lowest BCUT2D eigenvalue weighted by Crippen LogP contribution is -2.38. The molecule has 0 fully saturated rings. The minimum Gasteiger partial charge on any atom is -0.350 e. The maximum Gasteiger partial charge on any atom is 0.240 e. The summed E-state index contributed by atoms with van der Waals surface area (Å²) in [6.45, 7) is 6.30. The number of hydrogen-bond donors (Lipinski definition) is 1. The molecule has 0 saturated heterocycles. The van der Waals surface area contributed by atoms with Gasteiger partial charge in [-0.2, -0.15) is 5.26 Å². The Morgan fingerprint density at radius 3 is 2.53 bits per heavy atom. The van der Waals surface area contributed by atoms with Crippen LogP contribution in [-0.4, -0.2) is 5.91 Å². The van der Waals surface area contributed by atoms with E-state index in [1.807, 2.05) is 32.9 Å². The zero-order valence-corrected chi connectivity index (χ0v) is 11.4. The standard InChI is InChI=1S/C13H18N2OS/c1-4-13(5-2,9-14)12(16)15-8-11-7-6-10(3)17-11/h6-7H,4-5,8H2,1-3H3,(H,15,16). The van der Waals surface area contributed by atoms with Crippen LogP contribution < -0.4 is 5.32 Å². The summed E-state index contributed by atoms with van der Waals surface area (Å²) in [7, 11) is 0. The zero-order chi connectivity index (χ0) is 12.9. The van der Waals surface area contributed by atoms with Crippen LogP contribution in [0.15, 0.2) is 12.1 Å². The van der Waals surface area contributed by atoms with Crippen molar-refractivity contribution in [2.45, 2.75) is 40.2 Å². The number of carbonyl (C=O) groups excluding carboxylic acids is 1. The molecule has 1 aromatic heterocycles. The second kappa shape index (κ2) is 5.83. The molecule has 0 atom stereocenters. The van der Waals surface area contributed by atoms with Crippen molar-refractivity contribution >= 4 is 17.2 Å². The van der Waals surface area contributed by atoms with Gasteiger partial charge in [0.2, 0.25) is 5.91 Å². The van der Waals surface area contributed by atoms with E-state index in [9.17, 15) is 4.79 Å². The molecule has 0 unspecified atom stereocenters. The molecule has 1 heterocycles. The van der Waals surface area contributed by atoms with Crippen LogP contribution in [-0.2, 0) is 11.3 Å². The molecule has 0 radical (unpaired) electrons. The molecular formula is C13H18N2OS. The van der Waals surface area contributed by atoms with Gasteiger partial charge in [0, 0.05) is 9.75 Å². The average molecular weight is 250 g/mol. The number of rotatable bonds is 5. The van der Waals surface area contributed by atoms with Crippen molar-refractivity contribution in [3.8, 4) is 6.07 Å². The van der Waals surface area contributed by atoms with Gasteiger partial charge in [-0.05, 0) is 31.9 Å². The topological polar surface area (TPSA) is 52.9 Å². The van der Waals surface area contributed by atoms with Gasteiger partial charge in [-0.25, -0.2) is 0 Å². The third kappa shape index (κ3) is 3.07. The van der Waals surface area contributed by atoms with E-state index in [4.69, 9.17) is 5.26 Å². The highest BCUT2D eigenvalue weighted by Crippen LogP contribution is 2.25. The van der Waals surface area contributed by atoms with Gasteiger partial charge in [-0.3, -0.25) is 4.79 Å². The number of nitrogens with one attached hydrogen (secondary N) is 1. The third-order valence-corrected chi connectivity index (χ3v) is 4.08. The van der Waals surface area contributed by atoms with Gasteiger partial charge in [-0.15, -0.1) is 11.3 Å². The third-order valence-electron chi connectivity index (χ3n) is 3.07. The Bertz CT molecular complexity index is 427. The first-order chi connectivity index (χ1) is 8.07. The van der Waals surface area contributed by atoms with Crippen molar-refractivity contribution in [2.75, 3.05) is 0 Å². The number of nitrogens with zero attached hydrogens (tertiary/aromatic N) is 1. The SMILES string of the molecule is CCC(C#N)(CC)C(=O)NCc1ccc(C)s1. The molecule has 1 N–H and O–H groups in total. The largest absolute Gasteiger partial charge is 0.350 e. The maximum absolute atomic E-state index is 12.0. The molecule has 3 nitrogen and oxygen atoms in total. The molecule has 0 aromatic carbocycles. The molecule has 1 rings (SSSR count). The van der Waals surface area contributed by atoms with Gasteiger partial charge < -0.3 is 5.32 Å².